The van der Waals surface area contributed by atoms with Crippen molar-refractivity contribution in [1.82, 2.24) is 0 Å². The molecule has 1 rings (SSSR count). The molecule has 0 spiro atoms. The molecule has 1 aromatic rings. The first-order valence-corrected chi connectivity index (χ1v) is 5.13. The number of ether oxygens (including phenoxy) is 1. The Morgan fingerprint density at radius 2 is 1.67 bits per heavy atom. The molecular weight excluding hydrogens is 348 g/mol. The average molecular weight is 351 g/mol. The zero-order valence-corrected chi connectivity index (χ0v) is 10.1. The molecule has 7 heteroatoms. The second-order valence-corrected chi connectivity index (χ2v) is 4.19. The smallest absolute Gasteiger partial charge is 0.428 e. The lowest BCUT2D eigenvalue weighted by atomic mass is 10.3. The Bertz CT molecular complexity index is 336. The molecule has 1 nitrogen and oxygen atoms in total. The molecule has 0 aliphatic heterocycles. The van der Waals surface area contributed by atoms with Gasteiger partial charge in [0.05, 0.1) is 0 Å². The van der Waals surface area contributed by atoms with Crippen LogP contribution in [-0.4, -0.2) is 12.5 Å². The first-order chi connectivity index (χ1) is 6.81. The van der Waals surface area contributed by atoms with Crippen molar-refractivity contribution in [2.75, 3.05) is 0 Å². The van der Waals surface area contributed by atoms with Gasteiger partial charge in [-0.1, -0.05) is 0 Å². The van der Waals surface area contributed by atoms with Gasteiger partial charge in [0.15, 0.2) is 0 Å². The van der Waals surface area contributed by atoms with E-state index in [4.69, 9.17) is 0 Å². The summed E-state index contributed by atoms with van der Waals surface area (Å²) in [4.78, 5) is 0. The number of hydrogen-bond acceptors (Lipinski definition) is 1. The molecule has 0 heterocycles. The van der Waals surface area contributed by atoms with Gasteiger partial charge in [-0.25, -0.2) is 0 Å². The zero-order chi connectivity index (χ0) is 11.6. The summed E-state index contributed by atoms with van der Waals surface area (Å²) >= 11 is 5.92. The molecule has 0 unspecified atom stereocenters. The monoisotopic (exact) mass is 349 g/mol. The number of rotatable bonds is 3. The summed E-state index contributed by atoms with van der Waals surface area (Å²) in [7, 11) is 0. The van der Waals surface area contributed by atoms with Crippen LogP contribution in [0.1, 0.15) is 0 Å². The lowest BCUT2D eigenvalue weighted by Crippen LogP contribution is -2.33. The van der Waals surface area contributed by atoms with Gasteiger partial charge in [-0.15, -0.1) is 0 Å². The Labute approximate surface area is 99.7 Å². The molecule has 0 aliphatic rings. The van der Waals surface area contributed by atoms with E-state index in [9.17, 15) is 17.6 Å². The maximum atomic E-state index is 12.5. The van der Waals surface area contributed by atoms with E-state index in [1.165, 1.54) is 0 Å². The van der Waals surface area contributed by atoms with Crippen molar-refractivity contribution in [3.8, 4) is 5.75 Å². The minimum atomic E-state index is -4.50. The highest BCUT2D eigenvalue weighted by Gasteiger charge is 2.44. The highest BCUT2D eigenvalue weighted by molar-refractivity contribution is 9.11. The molecule has 0 fully saturated rings. The first-order valence-electron chi connectivity index (χ1n) is 3.54. The molecule has 15 heavy (non-hydrogen) atoms. The Balaban J connectivity index is 2.89. The number of benzene rings is 1. The van der Waals surface area contributed by atoms with Gasteiger partial charge in [-0.3, -0.25) is 0 Å². The third-order valence-corrected chi connectivity index (χ3v) is 2.14. The summed E-state index contributed by atoms with van der Waals surface area (Å²) in [6.07, 6.45) is -8.38. The summed E-state index contributed by atoms with van der Waals surface area (Å²) in [6, 6.07) is 4.87. The molecule has 0 atom stereocenters. The molecule has 0 N–H and O–H groups in total. The van der Waals surface area contributed by atoms with Gasteiger partial charge in [0.1, 0.15) is 5.75 Å². The fraction of sp³-hybridized carbons (Fsp3) is 0.250. The van der Waals surface area contributed by atoms with E-state index in [1.54, 1.807) is 0 Å². The SMILES string of the molecule is FC(F)C(F)(F)Oc1cc(Br)[c]c(Br)c1. The molecular formula is C8H3Br2F4O. The Morgan fingerprint density at radius 3 is 2.07 bits per heavy atom. The van der Waals surface area contributed by atoms with Crippen LogP contribution < -0.4 is 4.74 Å². The lowest BCUT2D eigenvalue weighted by molar-refractivity contribution is -0.253. The highest BCUT2D eigenvalue weighted by atomic mass is 79.9. The van der Waals surface area contributed by atoms with Gasteiger partial charge < -0.3 is 4.74 Å². The van der Waals surface area contributed by atoms with E-state index in [1.807, 2.05) is 0 Å². The molecule has 0 aliphatic carbocycles. The van der Waals surface area contributed by atoms with Gasteiger partial charge in [-0.2, -0.15) is 17.6 Å². The summed E-state index contributed by atoms with van der Waals surface area (Å²) in [5.41, 5.74) is 0. The Kier molecular flexibility index (Phi) is 3.99. The number of hydrogen-bond donors (Lipinski definition) is 0. The largest absolute Gasteiger partial charge is 0.461 e. The molecule has 83 valence electrons. The molecule has 0 bridgehead atoms. The molecule has 0 amide bonds. The first kappa shape index (κ1) is 12.8. The van der Waals surface area contributed by atoms with Gasteiger partial charge in [-0.05, 0) is 44.0 Å². The van der Waals surface area contributed by atoms with E-state index in [0.717, 1.165) is 12.1 Å². The topological polar surface area (TPSA) is 9.23 Å². The third kappa shape index (κ3) is 3.64. The van der Waals surface area contributed by atoms with Gasteiger partial charge in [0, 0.05) is 15.0 Å². The maximum absolute atomic E-state index is 12.5. The highest BCUT2D eigenvalue weighted by Crippen LogP contribution is 2.31. The van der Waals surface area contributed by atoms with Crippen LogP contribution in [0.25, 0.3) is 0 Å². The second-order valence-electron chi connectivity index (χ2n) is 2.48. The molecule has 1 radical (unpaired) electrons. The van der Waals surface area contributed by atoms with Crippen molar-refractivity contribution in [2.45, 2.75) is 12.5 Å². The number of alkyl halides is 4. The van der Waals surface area contributed by atoms with Crippen LogP contribution in [0.5, 0.6) is 5.75 Å². The molecule has 0 saturated heterocycles. The second kappa shape index (κ2) is 4.69. The normalized spacial score (nSPS) is 11.9. The van der Waals surface area contributed by atoms with Crippen LogP contribution in [0.4, 0.5) is 17.6 Å². The van der Waals surface area contributed by atoms with Crippen molar-refractivity contribution in [3.63, 3.8) is 0 Å². The predicted molar refractivity (Wildman–Crippen MR) is 52.3 cm³/mol. The third-order valence-electron chi connectivity index (χ3n) is 1.28. The van der Waals surface area contributed by atoms with E-state index in [2.05, 4.69) is 42.7 Å². The van der Waals surface area contributed by atoms with Crippen LogP contribution >= 0.6 is 31.9 Å². The summed E-state index contributed by atoms with van der Waals surface area (Å²) in [6.45, 7) is 0. The zero-order valence-electron chi connectivity index (χ0n) is 6.91. The van der Waals surface area contributed by atoms with Crippen molar-refractivity contribution < 1.29 is 22.3 Å². The maximum Gasteiger partial charge on any atom is 0.461 e. The van der Waals surface area contributed by atoms with Crippen molar-refractivity contribution >= 4 is 31.9 Å². The minimum Gasteiger partial charge on any atom is -0.428 e. The average Bonchev–Trinajstić information content (AvgIpc) is 1.99. The standard InChI is InChI=1S/C8H3Br2F4O/c9-4-1-5(10)3-6(2-4)15-8(13,14)7(11)12/h2-3,7H. The summed E-state index contributed by atoms with van der Waals surface area (Å²) in [5.74, 6) is -0.377. The van der Waals surface area contributed by atoms with Gasteiger partial charge in [0.2, 0.25) is 0 Å². The van der Waals surface area contributed by atoms with Crippen molar-refractivity contribution in [1.29, 1.82) is 0 Å². The van der Waals surface area contributed by atoms with Gasteiger partial charge >= 0.3 is 12.5 Å². The molecule has 0 aromatic heterocycles. The molecule has 0 saturated carbocycles. The van der Waals surface area contributed by atoms with E-state index < -0.39 is 12.5 Å². The fourth-order valence-corrected chi connectivity index (χ4v) is 1.88. The van der Waals surface area contributed by atoms with Crippen molar-refractivity contribution in [3.05, 3.63) is 27.1 Å². The van der Waals surface area contributed by atoms with Crippen LogP contribution in [0.2, 0.25) is 0 Å². The van der Waals surface area contributed by atoms with Crippen LogP contribution in [0.3, 0.4) is 0 Å². The van der Waals surface area contributed by atoms with Crippen LogP contribution in [0.15, 0.2) is 21.1 Å². The van der Waals surface area contributed by atoms with Crippen LogP contribution in [-0.2, 0) is 0 Å². The molecule has 1 aromatic carbocycles. The van der Waals surface area contributed by atoms with E-state index >= 15 is 0 Å². The number of halogens is 6. The Hall–Kier alpha value is -0.300. The quantitative estimate of drug-likeness (QED) is 0.740. The predicted octanol–water partition coefficient (Wildman–Crippen LogP) is 4.25. The summed E-state index contributed by atoms with van der Waals surface area (Å²) in [5, 5.41) is 0. The summed E-state index contributed by atoms with van der Waals surface area (Å²) < 4.78 is 53.0. The van der Waals surface area contributed by atoms with E-state index in [0.29, 0.717) is 8.95 Å². The Morgan fingerprint density at radius 1 is 1.20 bits per heavy atom. The van der Waals surface area contributed by atoms with E-state index in [-0.39, 0.29) is 5.75 Å². The fourth-order valence-electron chi connectivity index (χ4n) is 0.738. The van der Waals surface area contributed by atoms with Crippen LogP contribution in [0, 0.1) is 6.07 Å². The van der Waals surface area contributed by atoms with Gasteiger partial charge in [0.25, 0.3) is 0 Å². The minimum absolute atomic E-state index is 0.317. The van der Waals surface area contributed by atoms with Crippen molar-refractivity contribution in [2.24, 2.45) is 0 Å². The lowest BCUT2D eigenvalue weighted by Gasteiger charge is -2.16.